The number of methoxy groups -OCH3 is 2. The number of aromatic nitrogens is 3. The molecule has 3 heterocycles. The van der Waals surface area contributed by atoms with Crippen LogP contribution in [0.1, 0.15) is 23.6 Å². The number of hydrogen-bond acceptors (Lipinski definition) is 7. The van der Waals surface area contributed by atoms with Crippen molar-refractivity contribution in [3.8, 4) is 11.5 Å². The SMILES string of the molecule is COc1ccc(C(O)=C2C(=O)C(=O)N(CCCn3ccnc3)[C@@H]2c2ccncc2)cc1OC. The Labute approximate surface area is 190 Å². The molecule has 1 aliphatic heterocycles. The van der Waals surface area contributed by atoms with Gasteiger partial charge in [-0.3, -0.25) is 14.6 Å². The molecule has 1 fully saturated rings. The van der Waals surface area contributed by atoms with Crippen LogP contribution in [0.3, 0.4) is 0 Å². The fourth-order valence-corrected chi connectivity index (χ4v) is 3.98. The highest BCUT2D eigenvalue weighted by atomic mass is 16.5. The number of hydrogen-bond donors (Lipinski definition) is 1. The molecule has 33 heavy (non-hydrogen) atoms. The van der Waals surface area contributed by atoms with Gasteiger partial charge in [0.2, 0.25) is 0 Å². The molecule has 1 saturated heterocycles. The molecule has 0 spiro atoms. The summed E-state index contributed by atoms with van der Waals surface area (Å²) in [5.41, 5.74) is 1.07. The number of nitrogens with zero attached hydrogens (tertiary/aromatic N) is 4. The number of pyridine rings is 1. The Bertz CT molecular complexity index is 1170. The van der Waals surface area contributed by atoms with Crippen molar-refractivity contribution >= 4 is 17.4 Å². The third kappa shape index (κ3) is 4.30. The van der Waals surface area contributed by atoms with Gasteiger partial charge in [-0.2, -0.15) is 0 Å². The average molecular weight is 448 g/mol. The summed E-state index contributed by atoms with van der Waals surface area (Å²) in [5, 5.41) is 11.2. The van der Waals surface area contributed by atoms with E-state index in [1.807, 2.05) is 10.8 Å². The second-order valence-corrected chi connectivity index (χ2v) is 7.50. The second-order valence-electron chi connectivity index (χ2n) is 7.50. The molecule has 2 aromatic heterocycles. The fraction of sp³-hybridized carbons (Fsp3) is 0.250. The molecule has 1 aliphatic rings. The van der Waals surface area contributed by atoms with Crippen LogP contribution in [0, 0.1) is 0 Å². The quantitative estimate of drug-likeness (QED) is 0.321. The zero-order valence-corrected chi connectivity index (χ0v) is 18.3. The molecule has 4 rings (SSSR count). The number of carbonyl (C=O) groups is 2. The van der Waals surface area contributed by atoms with Gasteiger partial charge < -0.3 is 24.0 Å². The number of ether oxygens (including phenoxy) is 2. The van der Waals surface area contributed by atoms with Crippen LogP contribution in [-0.2, 0) is 16.1 Å². The highest BCUT2D eigenvalue weighted by Gasteiger charge is 2.45. The lowest BCUT2D eigenvalue weighted by Gasteiger charge is -2.25. The van der Waals surface area contributed by atoms with Crippen LogP contribution in [0.2, 0.25) is 0 Å². The minimum absolute atomic E-state index is 0.0288. The smallest absolute Gasteiger partial charge is 0.295 e. The molecular weight excluding hydrogens is 424 g/mol. The molecule has 1 amide bonds. The molecule has 0 unspecified atom stereocenters. The van der Waals surface area contributed by atoms with E-state index in [-0.39, 0.29) is 11.3 Å². The van der Waals surface area contributed by atoms with E-state index >= 15 is 0 Å². The third-order valence-electron chi connectivity index (χ3n) is 5.59. The van der Waals surface area contributed by atoms with Crippen molar-refractivity contribution in [1.29, 1.82) is 0 Å². The summed E-state index contributed by atoms with van der Waals surface area (Å²) in [6.07, 6.45) is 9.03. The van der Waals surface area contributed by atoms with Gasteiger partial charge >= 0.3 is 0 Å². The standard InChI is InChI=1S/C24H24N4O5/c1-32-18-5-4-17(14-19(18)33-2)22(29)20-21(16-6-8-25-9-7-16)28(24(31)23(20)30)12-3-11-27-13-10-26-15-27/h4-10,13-15,21,29H,3,11-12H2,1-2H3/t21-/m1/s1. The molecule has 170 valence electrons. The van der Waals surface area contributed by atoms with Crippen molar-refractivity contribution in [2.75, 3.05) is 20.8 Å². The number of amides is 1. The third-order valence-corrected chi connectivity index (χ3v) is 5.59. The van der Waals surface area contributed by atoms with Gasteiger partial charge in [-0.1, -0.05) is 0 Å². The summed E-state index contributed by atoms with van der Waals surface area (Å²) in [7, 11) is 2.99. The van der Waals surface area contributed by atoms with Gasteiger partial charge in [0.25, 0.3) is 11.7 Å². The summed E-state index contributed by atoms with van der Waals surface area (Å²) >= 11 is 0. The molecule has 1 N–H and O–H groups in total. The minimum atomic E-state index is -0.733. The van der Waals surface area contributed by atoms with Crippen LogP contribution in [0.4, 0.5) is 0 Å². The summed E-state index contributed by atoms with van der Waals surface area (Å²) < 4.78 is 12.5. The van der Waals surface area contributed by atoms with E-state index in [1.54, 1.807) is 55.2 Å². The maximum absolute atomic E-state index is 13.1. The Kier molecular flexibility index (Phi) is 6.39. The van der Waals surface area contributed by atoms with Gasteiger partial charge in [0.05, 0.1) is 32.2 Å². The van der Waals surface area contributed by atoms with E-state index < -0.39 is 17.7 Å². The normalized spacial score (nSPS) is 17.4. The van der Waals surface area contributed by atoms with Gasteiger partial charge in [0, 0.05) is 43.4 Å². The van der Waals surface area contributed by atoms with E-state index in [0.29, 0.717) is 42.1 Å². The Morgan fingerprint density at radius 1 is 1.00 bits per heavy atom. The van der Waals surface area contributed by atoms with Crippen molar-refractivity contribution in [2.45, 2.75) is 19.0 Å². The summed E-state index contributed by atoms with van der Waals surface area (Å²) in [6.45, 7) is 0.972. The first-order valence-electron chi connectivity index (χ1n) is 10.4. The minimum Gasteiger partial charge on any atom is -0.507 e. The lowest BCUT2D eigenvalue weighted by molar-refractivity contribution is -0.139. The topological polar surface area (TPSA) is 107 Å². The van der Waals surface area contributed by atoms with Crippen molar-refractivity contribution < 1.29 is 24.2 Å². The molecule has 1 aromatic carbocycles. The predicted octanol–water partition coefficient (Wildman–Crippen LogP) is 2.81. The molecule has 0 radical (unpaired) electrons. The van der Waals surface area contributed by atoms with Gasteiger partial charge in [-0.25, -0.2) is 4.98 Å². The van der Waals surface area contributed by atoms with Crippen molar-refractivity contribution in [2.24, 2.45) is 0 Å². The second kappa shape index (κ2) is 9.56. The van der Waals surface area contributed by atoms with Crippen LogP contribution < -0.4 is 9.47 Å². The molecule has 0 aliphatic carbocycles. The van der Waals surface area contributed by atoms with Crippen LogP contribution in [0.5, 0.6) is 11.5 Å². The maximum Gasteiger partial charge on any atom is 0.295 e. The maximum atomic E-state index is 13.1. The number of rotatable bonds is 8. The molecule has 0 bridgehead atoms. The van der Waals surface area contributed by atoms with Crippen molar-refractivity contribution in [1.82, 2.24) is 19.4 Å². The molecule has 9 nitrogen and oxygen atoms in total. The Morgan fingerprint density at radius 2 is 1.76 bits per heavy atom. The van der Waals surface area contributed by atoms with Gasteiger partial charge in [0.15, 0.2) is 11.5 Å². The molecule has 1 atom stereocenters. The molecular formula is C24H24N4O5. The van der Waals surface area contributed by atoms with Crippen molar-refractivity contribution in [3.05, 3.63) is 78.1 Å². The number of likely N-dealkylation sites (tertiary alicyclic amines) is 1. The average Bonchev–Trinajstić information content (AvgIpc) is 3.46. The number of aryl methyl sites for hydroxylation is 1. The van der Waals surface area contributed by atoms with E-state index in [2.05, 4.69) is 9.97 Å². The van der Waals surface area contributed by atoms with Gasteiger partial charge in [0.1, 0.15) is 5.76 Å². The van der Waals surface area contributed by atoms with Crippen LogP contribution in [-0.4, -0.2) is 57.0 Å². The number of ketones is 1. The summed E-state index contributed by atoms with van der Waals surface area (Å²) in [5.74, 6) is -0.763. The number of imidazole rings is 1. The van der Waals surface area contributed by atoms with E-state index in [1.165, 1.54) is 19.1 Å². The zero-order chi connectivity index (χ0) is 23.4. The Hall–Kier alpha value is -4.14. The van der Waals surface area contributed by atoms with E-state index in [9.17, 15) is 14.7 Å². The Balaban J connectivity index is 1.73. The first-order valence-corrected chi connectivity index (χ1v) is 10.4. The molecule has 0 saturated carbocycles. The number of carbonyl (C=O) groups excluding carboxylic acids is 2. The Morgan fingerprint density at radius 3 is 2.42 bits per heavy atom. The van der Waals surface area contributed by atoms with Crippen LogP contribution in [0.15, 0.2) is 67.0 Å². The molecule has 9 heteroatoms. The molecule has 3 aromatic rings. The zero-order valence-electron chi connectivity index (χ0n) is 18.3. The number of aliphatic hydroxyl groups excluding tert-OH is 1. The largest absolute Gasteiger partial charge is 0.507 e. The lowest BCUT2D eigenvalue weighted by Crippen LogP contribution is -2.31. The highest BCUT2D eigenvalue weighted by molar-refractivity contribution is 6.46. The summed E-state index contributed by atoms with van der Waals surface area (Å²) in [4.78, 5) is 35.6. The number of Topliss-reactive ketones (excluding diaryl/α,β-unsaturated/α-hetero) is 1. The van der Waals surface area contributed by atoms with Crippen LogP contribution >= 0.6 is 0 Å². The van der Waals surface area contributed by atoms with Gasteiger partial charge in [-0.15, -0.1) is 0 Å². The lowest BCUT2D eigenvalue weighted by atomic mass is 9.95. The first kappa shape index (κ1) is 22.1. The van der Waals surface area contributed by atoms with Crippen molar-refractivity contribution in [3.63, 3.8) is 0 Å². The summed E-state index contributed by atoms with van der Waals surface area (Å²) in [6, 6.07) is 7.57. The first-order chi connectivity index (χ1) is 16.0. The number of benzene rings is 1. The van der Waals surface area contributed by atoms with Gasteiger partial charge in [-0.05, 0) is 42.3 Å². The van der Waals surface area contributed by atoms with E-state index in [0.717, 1.165) is 0 Å². The number of aliphatic hydroxyl groups is 1. The van der Waals surface area contributed by atoms with E-state index in [4.69, 9.17) is 9.47 Å². The fourth-order valence-electron chi connectivity index (χ4n) is 3.98. The predicted molar refractivity (Wildman–Crippen MR) is 120 cm³/mol. The van der Waals surface area contributed by atoms with Crippen LogP contribution in [0.25, 0.3) is 5.76 Å². The monoisotopic (exact) mass is 448 g/mol. The highest BCUT2D eigenvalue weighted by Crippen LogP contribution is 2.40.